The van der Waals surface area contributed by atoms with E-state index in [-0.39, 0.29) is 12.0 Å². The molecule has 0 radical (unpaired) electrons. The molecule has 0 unspecified atom stereocenters. The Hall–Kier alpha value is -1.34. The predicted octanol–water partition coefficient (Wildman–Crippen LogP) is 1.80. The number of nitrogens with zero attached hydrogens (tertiary/aromatic N) is 3. The number of aliphatic hydroxyl groups is 1. The molecule has 1 amide bonds. The summed E-state index contributed by atoms with van der Waals surface area (Å²) in [6, 6.07) is 0. The SMILES string of the molecule is CC(C)(C)OC(=O)N1C[C@H](CSc2cnccn2)[C@@H](O)C1. The topological polar surface area (TPSA) is 75.5 Å². The van der Waals surface area contributed by atoms with Crippen molar-refractivity contribution in [1.29, 1.82) is 0 Å². The van der Waals surface area contributed by atoms with Crippen molar-refractivity contribution in [2.45, 2.75) is 37.5 Å². The van der Waals surface area contributed by atoms with Gasteiger partial charge in [0, 0.05) is 30.6 Å². The quantitative estimate of drug-likeness (QED) is 0.858. The smallest absolute Gasteiger partial charge is 0.410 e. The molecule has 2 rings (SSSR count). The van der Waals surface area contributed by atoms with Crippen molar-refractivity contribution in [1.82, 2.24) is 14.9 Å². The van der Waals surface area contributed by atoms with Crippen molar-refractivity contribution >= 4 is 17.9 Å². The molecular formula is C14H21N3O3S. The molecule has 0 aromatic carbocycles. The third kappa shape index (κ3) is 4.86. The van der Waals surface area contributed by atoms with Crippen LogP contribution in [0.15, 0.2) is 23.6 Å². The summed E-state index contributed by atoms with van der Waals surface area (Å²) >= 11 is 1.54. The highest BCUT2D eigenvalue weighted by atomic mass is 32.2. The third-order valence-corrected chi connectivity index (χ3v) is 4.14. The Morgan fingerprint density at radius 3 is 2.86 bits per heavy atom. The molecule has 0 bridgehead atoms. The number of amides is 1. The Labute approximate surface area is 128 Å². The minimum atomic E-state index is -0.526. The van der Waals surface area contributed by atoms with Crippen molar-refractivity contribution in [2.75, 3.05) is 18.8 Å². The van der Waals surface area contributed by atoms with E-state index < -0.39 is 11.7 Å². The zero-order valence-electron chi connectivity index (χ0n) is 12.5. The minimum Gasteiger partial charge on any atom is -0.444 e. The van der Waals surface area contributed by atoms with E-state index in [9.17, 15) is 9.90 Å². The van der Waals surface area contributed by atoms with E-state index in [0.717, 1.165) is 5.03 Å². The van der Waals surface area contributed by atoms with Gasteiger partial charge in [-0.15, -0.1) is 11.8 Å². The summed E-state index contributed by atoms with van der Waals surface area (Å²) in [6.07, 6.45) is 4.06. The number of carbonyl (C=O) groups excluding carboxylic acids is 1. The molecule has 0 aliphatic carbocycles. The van der Waals surface area contributed by atoms with Crippen LogP contribution in [0.25, 0.3) is 0 Å². The van der Waals surface area contributed by atoms with Crippen LogP contribution in [0.2, 0.25) is 0 Å². The summed E-state index contributed by atoms with van der Waals surface area (Å²) in [5, 5.41) is 10.9. The summed E-state index contributed by atoms with van der Waals surface area (Å²) in [4.78, 5) is 21.7. The van der Waals surface area contributed by atoms with Gasteiger partial charge in [0.15, 0.2) is 0 Å². The highest BCUT2D eigenvalue weighted by Crippen LogP contribution is 2.26. The molecule has 1 aromatic rings. The van der Waals surface area contributed by atoms with Crippen LogP contribution in [0.1, 0.15) is 20.8 Å². The van der Waals surface area contributed by atoms with Crippen LogP contribution in [-0.4, -0.2) is 56.6 Å². The fourth-order valence-electron chi connectivity index (χ4n) is 2.05. The van der Waals surface area contributed by atoms with Crippen molar-refractivity contribution < 1.29 is 14.6 Å². The lowest BCUT2D eigenvalue weighted by molar-refractivity contribution is 0.0270. The van der Waals surface area contributed by atoms with Crippen LogP contribution in [0.3, 0.4) is 0 Å². The van der Waals surface area contributed by atoms with Gasteiger partial charge >= 0.3 is 6.09 Å². The highest BCUT2D eigenvalue weighted by Gasteiger charge is 2.36. The van der Waals surface area contributed by atoms with E-state index in [1.807, 2.05) is 20.8 Å². The van der Waals surface area contributed by atoms with E-state index in [1.54, 1.807) is 23.5 Å². The molecule has 2 heterocycles. The van der Waals surface area contributed by atoms with Crippen molar-refractivity contribution in [3.8, 4) is 0 Å². The molecule has 0 spiro atoms. The first kappa shape index (κ1) is 16.0. The van der Waals surface area contributed by atoms with Gasteiger partial charge in [0.1, 0.15) is 10.6 Å². The van der Waals surface area contributed by atoms with Crippen LogP contribution in [0.4, 0.5) is 4.79 Å². The molecule has 116 valence electrons. The van der Waals surface area contributed by atoms with E-state index >= 15 is 0 Å². The normalized spacial score (nSPS) is 22.4. The van der Waals surface area contributed by atoms with Gasteiger partial charge in [-0.05, 0) is 20.8 Å². The van der Waals surface area contributed by atoms with E-state index in [0.29, 0.717) is 18.8 Å². The van der Waals surface area contributed by atoms with Crippen LogP contribution >= 0.6 is 11.8 Å². The molecule has 21 heavy (non-hydrogen) atoms. The van der Waals surface area contributed by atoms with Gasteiger partial charge < -0.3 is 14.7 Å². The van der Waals surface area contributed by atoms with Gasteiger partial charge in [-0.3, -0.25) is 4.98 Å². The number of rotatable bonds is 3. The second kappa shape index (κ2) is 6.62. The first-order valence-corrected chi connectivity index (χ1v) is 7.88. The molecule has 1 saturated heterocycles. The number of hydrogen-bond acceptors (Lipinski definition) is 6. The fraction of sp³-hybridized carbons (Fsp3) is 0.643. The summed E-state index contributed by atoms with van der Waals surface area (Å²) in [5.41, 5.74) is -0.519. The molecule has 7 heteroatoms. The van der Waals surface area contributed by atoms with Crippen LogP contribution < -0.4 is 0 Å². The second-order valence-electron chi connectivity index (χ2n) is 6.07. The van der Waals surface area contributed by atoms with Gasteiger partial charge in [0.05, 0.1) is 18.8 Å². The lowest BCUT2D eigenvalue weighted by Crippen LogP contribution is -2.35. The molecule has 1 aromatic heterocycles. The van der Waals surface area contributed by atoms with Crippen molar-refractivity contribution in [3.63, 3.8) is 0 Å². The molecule has 2 atom stereocenters. The standard InChI is InChI=1S/C14H21N3O3S/c1-14(2,3)20-13(19)17-7-10(11(18)8-17)9-21-12-6-15-4-5-16-12/h4-6,10-11,18H,7-9H2,1-3H3/t10-,11+/m1/s1. The van der Waals surface area contributed by atoms with E-state index in [4.69, 9.17) is 4.74 Å². The Balaban J connectivity index is 1.85. The lowest BCUT2D eigenvalue weighted by atomic mass is 10.1. The summed E-state index contributed by atoms with van der Waals surface area (Å²) in [7, 11) is 0. The first-order chi connectivity index (χ1) is 9.85. The molecule has 1 fully saturated rings. The number of aliphatic hydroxyl groups excluding tert-OH is 1. The molecule has 1 N–H and O–H groups in total. The average Bonchev–Trinajstić information content (AvgIpc) is 2.77. The maximum Gasteiger partial charge on any atom is 0.410 e. The molecule has 0 saturated carbocycles. The maximum atomic E-state index is 12.0. The molecule has 1 aliphatic rings. The van der Waals surface area contributed by atoms with Crippen LogP contribution in [0, 0.1) is 5.92 Å². The summed E-state index contributed by atoms with van der Waals surface area (Å²) < 4.78 is 5.33. The first-order valence-electron chi connectivity index (χ1n) is 6.90. The van der Waals surface area contributed by atoms with E-state index in [1.165, 1.54) is 11.8 Å². The van der Waals surface area contributed by atoms with Gasteiger partial charge in [-0.25, -0.2) is 9.78 Å². The van der Waals surface area contributed by atoms with E-state index in [2.05, 4.69) is 9.97 Å². The average molecular weight is 311 g/mol. The predicted molar refractivity (Wildman–Crippen MR) is 80.1 cm³/mol. The van der Waals surface area contributed by atoms with Gasteiger partial charge in [-0.1, -0.05) is 0 Å². The molecule has 1 aliphatic heterocycles. The monoisotopic (exact) mass is 311 g/mol. The largest absolute Gasteiger partial charge is 0.444 e. The number of carbonyl (C=O) groups is 1. The molecule has 6 nitrogen and oxygen atoms in total. The Kier molecular flexibility index (Phi) is 5.05. The fourth-order valence-corrected chi connectivity index (χ4v) is 3.03. The zero-order valence-corrected chi connectivity index (χ0v) is 13.3. The number of hydrogen-bond donors (Lipinski definition) is 1. The van der Waals surface area contributed by atoms with Crippen LogP contribution in [0.5, 0.6) is 0 Å². The van der Waals surface area contributed by atoms with Gasteiger partial charge in [-0.2, -0.15) is 0 Å². The van der Waals surface area contributed by atoms with Gasteiger partial charge in [0.2, 0.25) is 0 Å². The number of β-amino-alcohol motifs (C(OH)–C–C–N with tert-alkyl or cyclic N) is 1. The van der Waals surface area contributed by atoms with Gasteiger partial charge in [0.25, 0.3) is 0 Å². The Bertz CT molecular complexity index is 478. The van der Waals surface area contributed by atoms with Crippen molar-refractivity contribution in [3.05, 3.63) is 18.6 Å². The maximum absolute atomic E-state index is 12.0. The second-order valence-corrected chi connectivity index (χ2v) is 7.11. The lowest BCUT2D eigenvalue weighted by Gasteiger charge is -2.24. The summed E-state index contributed by atoms with van der Waals surface area (Å²) in [5.74, 6) is 0.712. The number of thioether (sulfide) groups is 1. The Morgan fingerprint density at radius 2 is 2.24 bits per heavy atom. The highest BCUT2D eigenvalue weighted by molar-refractivity contribution is 7.99. The zero-order chi connectivity index (χ0) is 15.5. The van der Waals surface area contributed by atoms with Crippen LogP contribution in [-0.2, 0) is 4.74 Å². The number of likely N-dealkylation sites (tertiary alicyclic amines) is 1. The number of ether oxygens (including phenoxy) is 1. The molecular weight excluding hydrogens is 290 g/mol. The number of aromatic nitrogens is 2. The summed E-state index contributed by atoms with van der Waals surface area (Å²) in [6.45, 7) is 6.32. The minimum absolute atomic E-state index is 0.0181. The Morgan fingerprint density at radius 1 is 1.48 bits per heavy atom. The third-order valence-electron chi connectivity index (χ3n) is 3.04. The van der Waals surface area contributed by atoms with Crippen molar-refractivity contribution in [2.24, 2.45) is 5.92 Å².